The lowest BCUT2D eigenvalue weighted by molar-refractivity contribution is 0.555. The van der Waals surface area contributed by atoms with Crippen molar-refractivity contribution in [3.8, 4) is 0 Å². The molecule has 1 rings (SSSR count). The molecule has 0 bridgehead atoms. The van der Waals surface area contributed by atoms with Gasteiger partial charge in [0.2, 0.25) is 5.96 Å². The van der Waals surface area contributed by atoms with E-state index in [-0.39, 0.29) is 0 Å². The highest BCUT2D eigenvalue weighted by molar-refractivity contribution is 5.82. The third-order valence-electron chi connectivity index (χ3n) is 2.94. The Labute approximate surface area is 150 Å². The van der Waals surface area contributed by atoms with E-state index in [1.165, 1.54) is 11.1 Å². The number of hydrogen-bond acceptors (Lipinski definition) is 1. The summed E-state index contributed by atoms with van der Waals surface area (Å²) in [5, 5.41) is 0. The van der Waals surface area contributed by atoms with Crippen molar-refractivity contribution in [2.24, 2.45) is 15.7 Å². The molecule has 1 aromatic rings. The Kier molecular flexibility index (Phi) is 23.2. The van der Waals surface area contributed by atoms with Crippen LogP contribution in [-0.2, 0) is 0 Å². The van der Waals surface area contributed by atoms with Crippen molar-refractivity contribution in [3.63, 3.8) is 0 Å². The molecular weight excluding hydrogens is 294 g/mol. The van der Waals surface area contributed by atoms with Crippen LogP contribution in [0, 0.1) is 13.8 Å². The highest BCUT2D eigenvalue weighted by Gasteiger charge is 2.03. The van der Waals surface area contributed by atoms with E-state index in [1.807, 2.05) is 0 Å². The fourth-order valence-corrected chi connectivity index (χ4v) is 1.80. The van der Waals surface area contributed by atoms with Crippen LogP contribution in [0.5, 0.6) is 0 Å². The largest absolute Gasteiger partial charge is 0.368 e. The van der Waals surface area contributed by atoms with Gasteiger partial charge in [0.25, 0.3) is 0 Å². The topological polar surface area (TPSA) is 50.7 Å². The third kappa shape index (κ3) is 17.9. The van der Waals surface area contributed by atoms with E-state index >= 15 is 0 Å². The minimum atomic E-state index is 0.321. The summed E-state index contributed by atoms with van der Waals surface area (Å²) < 4.78 is 0. The Balaban J connectivity index is -0.000000317. The van der Waals surface area contributed by atoms with Crippen LogP contribution >= 0.6 is 0 Å². The normalized spacial score (nSPS) is 9.46. The number of aliphatic imine (C=N–C) groups is 2. The molecule has 0 unspecified atom stereocenters. The molecule has 1 aromatic carbocycles. The van der Waals surface area contributed by atoms with Crippen LogP contribution in [0.4, 0.5) is 0 Å². The number of hydrogen-bond donors (Lipinski definition) is 1. The summed E-state index contributed by atoms with van der Waals surface area (Å²) in [7, 11) is 0. The van der Waals surface area contributed by atoms with Gasteiger partial charge in [0.05, 0.1) is 6.04 Å². The van der Waals surface area contributed by atoms with Gasteiger partial charge in [0.15, 0.2) is 0 Å². The van der Waals surface area contributed by atoms with Crippen LogP contribution in [0.15, 0.2) is 60.6 Å². The number of benzene rings is 1. The average Bonchev–Trinajstić information content (AvgIpc) is 2.62. The second-order valence-electron chi connectivity index (χ2n) is 5.03. The molecule has 0 saturated carbocycles. The lowest BCUT2D eigenvalue weighted by atomic mass is 10.1. The van der Waals surface area contributed by atoms with Crippen molar-refractivity contribution in [3.05, 3.63) is 61.7 Å². The highest BCUT2D eigenvalue weighted by Crippen LogP contribution is 2.08. The van der Waals surface area contributed by atoms with E-state index in [0.717, 1.165) is 25.7 Å². The Bertz CT molecular complexity index is 392. The summed E-state index contributed by atoms with van der Waals surface area (Å²) in [6, 6.07) is 8.82. The van der Waals surface area contributed by atoms with Gasteiger partial charge < -0.3 is 5.73 Å². The summed E-state index contributed by atoms with van der Waals surface area (Å²) in [6.07, 6.45) is 4.45. The molecule has 2 N–H and O–H groups in total. The Morgan fingerprint density at radius 1 is 0.917 bits per heavy atom. The van der Waals surface area contributed by atoms with Gasteiger partial charge in [-0.2, -0.15) is 0 Å². The first kappa shape index (κ1) is 26.7. The smallest absolute Gasteiger partial charge is 0.214 e. The maximum Gasteiger partial charge on any atom is 0.214 e. The summed E-state index contributed by atoms with van der Waals surface area (Å²) in [6.45, 7) is 23.8. The minimum Gasteiger partial charge on any atom is -0.368 e. The number of aryl methyl sites for hydroxylation is 2. The molecular formula is C21H37N3. The van der Waals surface area contributed by atoms with Gasteiger partial charge in [-0.3, -0.25) is 0 Å². The molecule has 0 aliphatic carbocycles. The molecule has 3 heteroatoms. The SMILES string of the molecule is C=C.C=C.C=NC(N)=NC(CCC)CCC.Cc1ccc(C)cc1. The summed E-state index contributed by atoms with van der Waals surface area (Å²) >= 11 is 0. The Hall–Kier alpha value is -2.16. The Morgan fingerprint density at radius 3 is 1.50 bits per heavy atom. The van der Waals surface area contributed by atoms with Crippen LogP contribution in [0.1, 0.15) is 50.7 Å². The zero-order chi connectivity index (χ0) is 19.4. The predicted octanol–water partition coefficient (Wildman–Crippen LogP) is 5.88. The van der Waals surface area contributed by atoms with Gasteiger partial charge in [-0.1, -0.05) is 62.1 Å². The van der Waals surface area contributed by atoms with Crippen molar-refractivity contribution >= 4 is 12.7 Å². The summed E-state index contributed by atoms with van der Waals surface area (Å²) in [5.74, 6) is 0.321. The maximum absolute atomic E-state index is 5.46. The molecule has 0 radical (unpaired) electrons. The Morgan fingerprint density at radius 2 is 1.25 bits per heavy atom. The number of nitrogens with two attached hydrogens (primary N) is 1. The fraction of sp³-hybridized carbons (Fsp3) is 0.429. The fourth-order valence-electron chi connectivity index (χ4n) is 1.80. The first-order chi connectivity index (χ1) is 11.5. The van der Waals surface area contributed by atoms with Crippen LogP contribution in [-0.4, -0.2) is 18.7 Å². The van der Waals surface area contributed by atoms with E-state index in [1.54, 1.807) is 0 Å². The number of nitrogens with zero attached hydrogens (tertiary/aromatic N) is 2. The number of rotatable bonds is 5. The van der Waals surface area contributed by atoms with E-state index in [2.05, 4.69) is 95.0 Å². The van der Waals surface area contributed by atoms with Crippen LogP contribution in [0.25, 0.3) is 0 Å². The van der Waals surface area contributed by atoms with E-state index in [0.29, 0.717) is 12.0 Å². The van der Waals surface area contributed by atoms with Crippen LogP contribution in [0.2, 0.25) is 0 Å². The van der Waals surface area contributed by atoms with E-state index in [9.17, 15) is 0 Å². The van der Waals surface area contributed by atoms with Crippen molar-refractivity contribution in [2.75, 3.05) is 0 Å². The first-order valence-corrected chi connectivity index (χ1v) is 8.36. The molecule has 0 saturated heterocycles. The molecule has 0 spiro atoms. The number of guanidine groups is 1. The van der Waals surface area contributed by atoms with Crippen LogP contribution < -0.4 is 5.73 Å². The lowest BCUT2D eigenvalue weighted by Crippen LogP contribution is -2.14. The van der Waals surface area contributed by atoms with Gasteiger partial charge in [-0.25, -0.2) is 9.98 Å². The average molecular weight is 332 g/mol. The molecule has 24 heavy (non-hydrogen) atoms. The molecule has 3 nitrogen and oxygen atoms in total. The van der Waals surface area contributed by atoms with Gasteiger partial charge in [0.1, 0.15) is 0 Å². The van der Waals surface area contributed by atoms with Crippen molar-refractivity contribution in [1.82, 2.24) is 0 Å². The molecule has 0 amide bonds. The highest BCUT2D eigenvalue weighted by atomic mass is 15.0. The summed E-state index contributed by atoms with van der Waals surface area (Å²) in [5.41, 5.74) is 8.11. The third-order valence-corrected chi connectivity index (χ3v) is 2.94. The molecule has 0 aliphatic heterocycles. The van der Waals surface area contributed by atoms with Crippen molar-refractivity contribution in [2.45, 2.75) is 59.4 Å². The minimum absolute atomic E-state index is 0.321. The molecule has 0 heterocycles. The first-order valence-electron chi connectivity index (χ1n) is 8.36. The van der Waals surface area contributed by atoms with Crippen molar-refractivity contribution < 1.29 is 0 Å². The second kappa shape index (κ2) is 20.8. The molecule has 136 valence electrons. The molecule has 0 aliphatic rings. The quantitative estimate of drug-likeness (QED) is 0.409. The van der Waals surface area contributed by atoms with Crippen molar-refractivity contribution in [1.29, 1.82) is 0 Å². The monoisotopic (exact) mass is 331 g/mol. The van der Waals surface area contributed by atoms with Gasteiger partial charge in [0, 0.05) is 0 Å². The molecule has 0 aromatic heterocycles. The lowest BCUT2D eigenvalue weighted by Gasteiger charge is -2.09. The second-order valence-corrected chi connectivity index (χ2v) is 5.03. The zero-order valence-electron chi connectivity index (χ0n) is 16.2. The van der Waals surface area contributed by atoms with Gasteiger partial charge in [-0.15, -0.1) is 26.3 Å². The molecule has 0 fully saturated rings. The van der Waals surface area contributed by atoms with Gasteiger partial charge in [-0.05, 0) is 33.4 Å². The maximum atomic E-state index is 5.46. The summed E-state index contributed by atoms with van der Waals surface area (Å²) in [4.78, 5) is 7.81. The van der Waals surface area contributed by atoms with Crippen LogP contribution in [0.3, 0.4) is 0 Å². The standard InChI is InChI=1S/C9H19N3.C8H10.2C2H4/c1-4-6-8(7-5-2)12-9(10)11-3;1-7-3-5-8(2)6-4-7;2*1-2/h8H,3-7H2,1-2H3,(H2,10,12);3-6H,1-2H3;2*1-2H2. The van der Waals surface area contributed by atoms with E-state index < -0.39 is 0 Å². The van der Waals surface area contributed by atoms with Gasteiger partial charge >= 0.3 is 0 Å². The zero-order valence-corrected chi connectivity index (χ0v) is 16.2. The predicted molar refractivity (Wildman–Crippen MR) is 113 cm³/mol. The molecule has 0 atom stereocenters. The van der Waals surface area contributed by atoms with E-state index in [4.69, 9.17) is 5.73 Å².